The molecule has 0 amide bonds. The third kappa shape index (κ3) is 2.55. The first-order chi connectivity index (χ1) is 7.65. The van der Waals surface area contributed by atoms with Gasteiger partial charge in [0.15, 0.2) is 11.6 Å². The van der Waals surface area contributed by atoms with E-state index < -0.39 is 11.6 Å². The lowest BCUT2D eigenvalue weighted by Crippen LogP contribution is -1.91. The summed E-state index contributed by atoms with van der Waals surface area (Å²) in [4.78, 5) is 3.91. The van der Waals surface area contributed by atoms with Gasteiger partial charge < -0.3 is 4.74 Å². The van der Waals surface area contributed by atoms with E-state index in [2.05, 4.69) is 20.9 Å². The van der Waals surface area contributed by atoms with Gasteiger partial charge in [0.2, 0.25) is 5.88 Å². The van der Waals surface area contributed by atoms with Crippen LogP contribution in [-0.4, -0.2) is 4.98 Å². The summed E-state index contributed by atoms with van der Waals surface area (Å²) >= 11 is 3.21. The van der Waals surface area contributed by atoms with Crippen LogP contribution in [-0.2, 0) is 0 Å². The van der Waals surface area contributed by atoms with E-state index in [1.807, 2.05) is 0 Å². The molecule has 1 aromatic carbocycles. The van der Waals surface area contributed by atoms with Crippen LogP contribution in [0.15, 0.2) is 41.0 Å². The molecule has 0 saturated carbocycles. The number of hydrogen-bond acceptors (Lipinski definition) is 2. The smallest absolute Gasteiger partial charge is 0.219 e. The van der Waals surface area contributed by atoms with Crippen LogP contribution in [0.3, 0.4) is 0 Å². The molecule has 5 heteroatoms. The Kier molecular flexibility index (Phi) is 3.14. The second-order valence-electron chi connectivity index (χ2n) is 2.99. The summed E-state index contributed by atoms with van der Waals surface area (Å²) in [5.41, 5.74) is 0. The maximum atomic E-state index is 13.2. The third-order valence-corrected chi connectivity index (χ3v) is 2.28. The summed E-state index contributed by atoms with van der Waals surface area (Å²) in [5.74, 6) is -1.22. The minimum atomic E-state index is -0.760. The number of rotatable bonds is 2. The topological polar surface area (TPSA) is 22.1 Å². The molecular weight excluding hydrogens is 280 g/mol. The lowest BCUT2D eigenvalue weighted by atomic mass is 10.3. The molecule has 2 rings (SSSR count). The second-order valence-corrected chi connectivity index (χ2v) is 3.91. The lowest BCUT2D eigenvalue weighted by molar-refractivity contribution is 0.423. The zero-order valence-corrected chi connectivity index (χ0v) is 9.54. The van der Waals surface area contributed by atoms with Crippen LogP contribution in [0, 0.1) is 11.6 Å². The van der Waals surface area contributed by atoms with Gasteiger partial charge in [0, 0.05) is 22.8 Å². The van der Waals surface area contributed by atoms with Gasteiger partial charge in [-0.05, 0) is 34.1 Å². The van der Waals surface area contributed by atoms with Crippen LogP contribution in [0.25, 0.3) is 0 Å². The van der Waals surface area contributed by atoms with Crippen molar-refractivity contribution < 1.29 is 13.5 Å². The number of ether oxygens (including phenoxy) is 1. The molecule has 0 spiro atoms. The fraction of sp³-hybridized carbons (Fsp3) is 0. The number of benzene rings is 1. The Labute approximate surface area is 99.0 Å². The number of halogens is 3. The summed E-state index contributed by atoms with van der Waals surface area (Å²) in [6.07, 6.45) is 1.52. The van der Waals surface area contributed by atoms with Crippen LogP contribution in [0.4, 0.5) is 8.78 Å². The molecule has 1 aromatic heterocycles. The molecule has 2 aromatic rings. The molecule has 16 heavy (non-hydrogen) atoms. The molecule has 2 nitrogen and oxygen atoms in total. The first-order valence-electron chi connectivity index (χ1n) is 4.39. The fourth-order valence-electron chi connectivity index (χ4n) is 1.09. The number of pyridine rings is 1. The monoisotopic (exact) mass is 285 g/mol. The normalized spacial score (nSPS) is 10.2. The average molecular weight is 286 g/mol. The van der Waals surface area contributed by atoms with Crippen molar-refractivity contribution in [3.8, 4) is 11.6 Å². The van der Waals surface area contributed by atoms with E-state index in [9.17, 15) is 8.78 Å². The van der Waals surface area contributed by atoms with Crippen molar-refractivity contribution in [1.29, 1.82) is 0 Å². The molecule has 0 fully saturated rings. The first-order valence-corrected chi connectivity index (χ1v) is 5.19. The Balaban J connectivity index is 2.23. The number of nitrogens with zero attached hydrogens (tertiary/aromatic N) is 1. The van der Waals surface area contributed by atoms with E-state index in [1.54, 1.807) is 12.1 Å². The highest BCUT2D eigenvalue weighted by Gasteiger charge is 2.06. The SMILES string of the molecule is Fc1ccc(Oc2ccc(Br)cn2)c(F)c1. The van der Waals surface area contributed by atoms with Gasteiger partial charge in [-0.1, -0.05) is 0 Å². The predicted octanol–water partition coefficient (Wildman–Crippen LogP) is 3.91. The van der Waals surface area contributed by atoms with Crippen LogP contribution >= 0.6 is 15.9 Å². The van der Waals surface area contributed by atoms with Gasteiger partial charge in [-0.15, -0.1) is 0 Å². The minimum Gasteiger partial charge on any atom is -0.436 e. The van der Waals surface area contributed by atoms with Crippen molar-refractivity contribution in [3.05, 3.63) is 52.6 Å². The number of aromatic nitrogens is 1. The Morgan fingerprint density at radius 3 is 2.56 bits per heavy atom. The molecule has 0 bridgehead atoms. The molecule has 0 saturated heterocycles. The summed E-state index contributed by atoms with van der Waals surface area (Å²) in [6.45, 7) is 0. The van der Waals surface area contributed by atoms with Gasteiger partial charge >= 0.3 is 0 Å². The van der Waals surface area contributed by atoms with Crippen LogP contribution < -0.4 is 4.74 Å². The molecule has 1 heterocycles. The van der Waals surface area contributed by atoms with Crippen LogP contribution in [0.1, 0.15) is 0 Å². The van der Waals surface area contributed by atoms with E-state index in [0.29, 0.717) is 0 Å². The molecule has 0 unspecified atom stereocenters. The first kappa shape index (κ1) is 11.0. The Hall–Kier alpha value is -1.49. The van der Waals surface area contributed by atoms with E-state index in [1.165, 1.54) is 12.3 Å². The van der Waals surface area contributed by atoms with E-state index in [0.717, 1.165) is 16.6 Å². The van der Waals surface area contributed by atoms with Crippen molar-refractivity contribution in [2.45, 2.75) is 0 Å². The summed E-state index contributed by atoms with van der Waals surface area (Å²) in [7, 11) is 0. The van der Waals surface area contributed by atoms with Crippen molar-refractivity contribution in [3.63, 3.8) is 0 Å². The summed E-state index contributed by atoms with van der Waals surface area (Å²) in [5, 5.41) is 0. The lowest BCUT2D eigenvalue weighted by Gasteiger charge is -2.05. The van der Waals surface area contributed by atoms with Crippen molar-refractivity contribution in [2.24, 2.45) is 0 Å². The van der Waals surface area contributed by atoms with E-state index in [-0.39, 0.29) is 11.6 Å². The minimum absolute atomic E-state index is 0.0591. The molecule has 82 valence electrons. The van der Waals surface area contributed by atoms with Crippen LogP contribution in [0.2, 0.25) is 0 Å². The molecule has 0 atom stereocenters. The third-order valence-electron chi connectivity index (χ3n) is 1.81. The molecular formula is C11H6BrF2NO. The quantitative estimate of drug-likeness (QED) is 0.835. The van der Waals surface area contributed by atoms with Crippen molar-refractivity contribution >= 4 is 15.9 Å². The van der Waals surface area contributed by atoms with Gasteiger partial charge in [-0.2, -0.15) is 0 Å². The highest BCUT2D eigenvalue weighted by Crippen LogP contribution is 2.24. The van der Waals surface area contributed by atoms with Crippen molar-refractivity contribution in [2.75, 3.05) is 0 Å². The van der Waals surface area contributed by atoms with Crippen LogP contribution in [0.5, 0.6) is 11.6 Å². The van der Waals surface area contributed by atoms with Gasteiger partial charge in [-0.25, -0.2) is 13.8 Å². The standard InChI is InChI=1S/C11H6BrF2NO/c12-7-1-4-11(15-6-7)16-10-3-2-8(13)5-9(10)14/h1-6H. The van der Waals surface area contributed by atoms with Gasteiger partial charge in [-0.3, -0.25) is 0 Å². The van der Waals surface area contributed by atoms with E-state index in [4.69, 9.17) is 4.74 Å². The summed E-state index contributed by atoms with van der Waals surface area (Å²) in [6, 6.07) is 6.39. The Morgan fingerprint density at radius 1 is 1.12 bits per heavy atom. The molecule has 0 aliphatic rings. The predicted molar refractivity (Wildman–Crippen MR) is 58.4 cm³/mol. The second kappa shape index (κ2) is 4.57. The zero-order chi connectivity index (χ0) is 11.5. The molecule has 0 radical (unpaired) electrons. The average Bonchev–Trinajstić information content (AvgIpc) is 2.25. The maximum Gasteiger partial charge on any atom is 0.219 e. The van der Waals surface area contributed by atoms with E-state index >= 15 is 0 Å². The molecule has 0 aliphatic carbocycles. The Morgan fingerprint density at radius 2 is 1.94 bits per heavy atom. The largest absolute Gasteiger partial charge is 0.436 e. The molecule has 0 aliphatic heterocycles. The van der Waals surface area contributed by atoms with Gasteiger partial charge in [0.05, 0.1) is 0 Å². The summed E-state index contributed by atoms with van der Waals surface area (Å²) < 4.78 is 31.8. The Bertz CT molecular complexity index is 502. The molecule has 0 N–H and O–H groups in total. The zero-order valence-electron chi connectivity index (χ0n) is 7.95. The maximum absolute atomic E-state index is 13.2. The number of hydrogen-bond donors (Lipinski definition) is 0. The van der Waals surface area contributed by atoms with Gasteiger partial charge in [0.1, 0.15) is 5.82 Å². The van der Waals surface area contributed by atoms with Gasteiger partial charge in [0.25, 0.3) is 0 Å². The highest BCUT2D eigenvalue weighted by molar-refractivity contribution is 9.10. The highest BCUT2D eigenvalue weighted by atomic mass is 79.9. The fourth-order valence-corrected chi connectivity index (χ4v) is 1.33. The van der Waals surface area contributed by atoms with Crippen molar-refractivity contribution in [1.82, 2.24) is 4.98 Å².